The molecule has 126 valence electrons. The molecule has 2 aromatic rings. The monoisotopic (exact) mass is 367 g/mol. The molecule has 3 N–H and O–H groups in total. The van der Waals surface area contributed by atoms with E-state index in [1.807, 2.05) is 35.2 Å². The van der Waals surface area contributed by atoms with Gasteiger partial charge in [0, 0.05) is 31.7 Å². The van der Waals surface area contributed by atoms with Crippen molar-refractivity contribution >= 4 is 34.8 Å². The molecule has 1 aliphatic heterocycles. The highest BCUT2D eigenvalue weighted by Crippen LogP contribution is 2.45. The van der Waals surface area contributed by atoms with Crippen LogP contribution in [0.1, 0.15) is 10.4 Å². The van der Waals surface area contributed by atoms with Crippen molar-refractivity contribution in [1.82, 2.24) is 5.32 Å². The van der Waals surface area contributed by atoms with Crippen molar-refractivity contribution < 1.29 is 9.18 Å². The summed E-state index contributed by atoms with van der Waals surface area (Å²) in [6.45, 7) is 2.60. The second-order valence-electron chi connectivity index (χ2n) is 5.51. The van der Waals surface area contributed by atoms with Gasteiger partial charge in [-0.3, -0.25) is 4.79 Å². The molecule has 2 aromatic carbocycles. The first kappa shape index (κ1) is 17.0. The molecule has 0 aromatic heterocycles. The number of benzene rings is 2. The summed E-state index contributed by atoms with van der Waals surface area (Å²) >= 11 is 12.6. The maximum atomic E-state index is 15.2. The Morgan fingerprint density at radius 3 is 2.33 bits per heavy atom. The molecule has 0 unspecified atom stereocenters. The van der Waals surface area contributed by atoms with Crippen LogP contribution in [0.4, 0.5) is 10.1 Å². The van der Waals surface area contributed by atoms with Crippen LogP contribution < -0.4 is 16.0 Å². The van der Waals surface area contributed by atoms with Crippen molar-refractivity contribution in [2.45, 2.75) is 0 Å². The first-order valence-corrected chi connectivity index (χ1v) is 8.29. The molecular weight excluding hydrogens is 352 g/mol. The van der Waals surface area contributed by atoms with Crippen LogP contribution in [0.2, 0.25) is 10.0 Å². The van der Waals surface area contributed by atoms with Crippen LogP contribution in [0.25, 0.3) is 11.1 Å². The van der Waals surface area contributed by atoms with E-state index in [9.17, 15) is 4.79 Å². The van der Waals surface area contributed by atoms with Crippen LogP contribution >= 0.6 is 23.2 Å². The summed E-state index contributed by atoms with van der Waals surface area (Å²) in [5, 5.41) is 3.19. The van der Waals surface area contributed by atoms with E-state index in [2.05, 4.69) is 5.32 Å². The normalized spacial score (nSPS) is 14.7. The van der Waals surface area contributed by atoms with Gasteiger partial charge in [-0.15, -0.1) is 0 Å². The highest BCUT2D eigenvalue weighted by molar-refractivity contribution is 6.46. The number of nitrogens with one attached hydrogen (secondary N) is 1. The summed E-state index contributed by atoms with van der Waals surface area (Å²) in [7, 11) is 0. The molecule has 7 heteroatoms. The minimum absolute atomic E-state index is 0.131. The number of hydrogen-bond donors (Lipinski definition) is 2. The van der Waals surface area contributed by atoms with Crippen LogP contribution in [0.5, 0.6) is 0 Å². The second-order valence-corrected chi connectivity index (χ2v) is 6.26. The first-order valence-electron chi connectivity index (χ1n) is 7.53. The molecule has 0 spiro atoms. The number of halogens is 3. The molecule has 1 amide bonds. The van der Waals surface area contributed by atoms with Crippen molar-refractivity contribution in [3.05, 3.63) is 51.8 Å². The molecule has 1 fully saturated rings. The van der Waals surface area contributed by atoms with E-state index in [0.717, 1.165) is 5.56 Å². The van der Waals surface area contributed by atoms with Crippen molar-refractivity contribution in [3.8, 4) is 11.1 Å². The minimum atomic E-state index is -0.935. The Hall–Kier alpha value is -1.82. The zero-order valence-electron chi connectivity index (χ0n) is 12.8. The van der Waals surface area contributed by atoms with Gasteiger partial charge in [0.1, 0.15) is 0 Å². The molecule has 0 atom stereocenters. The zero-order chi connectivity index (χ0) is 17.3. The third-order valence-electron chi connectivity index (χ3n) is 4.04. The van der Waals surface area contributed by atoms with Crippen molar-refractivity contribution in [2.24, 2.45) is 5.73 Å². The SMILES string of the molecule is NC(=O)c1c(F)c(N2CCNCC2)c(-c2ccccc2)c(Cl)c1Cl. The highest BCUT2D eigenvalue weighted by atomic mass is 35.5. The van der Waals surface area contributed by atoms with Gasteiger partial charge in [-0.2, -0.15) is 0 Å². The van der Waals surface area contributed by atoms with Crippen LogP contribution in [0.15, 0.2) is 30.3 Å². The third kappa shape index (κ3) is 2.95. The highest BCUT2D eigenvalue weighted by Gasteiger charge is 2.29. The number of carbonyl (C=O) groups is 1. The summed E-state index contributed by atoms with van der Waals surface area (Å²) in [6.07, 6.45) is 0. The van der Waals surface area contributed by atoms with Gasteiger partial charge < -0.3 is 16.0 Å². The van der Waals surface area contributed by atoms with Crippen molar-refractivity contribution in [2.75, 3.05) is 31.1 Å². The first-order chi connectivity index (χ1) is 11.5. The van der Waals surface area contributed by atoms with E-state index >= 15 is 4.39 Å². The largest absolute Gasteiger partial charge is 0.366 e. The molecule has 0 saturated carbocycles. The van der Waals surface area contributed by atoms with Gasteiger partial charge in [0.05, 0.1) is 21.3 Å². The average molecular weight is 368 g/mol. The molecule has 0 aliphatic carbocycles. The molecule has 1 aliphatic rings. The number of anilines is 1. The smallest absolute Gasteiger partial charge is 0.253 e. The Bertz CT molecular complexity index is 777. The van der Waals surface area contributed by atoms with Crippen LogP contribution in [-0.4, -0.2) is 32.1 Å². The van der Waals surface area contributed by atoms with E-state index in [0.29, 0.717) is 31.7 Å². The lowest BCUT2D eigenvalue weighted by Gasteiger charge is -2.32. The molecule has 0 radical (unpaired) electrons. The molecule has 1 saturated heterocycles. The summed E-state index contributed by atoms with van der Waals surface area (Å²) in [4.78, 5) is 13.5. The Morgan fingerprint density at radius 1 is 1.12 bits per heavy atom. The second kappa shape index (κ2) is 6.97. The number of amides is 1. The number of carbonyl (C=O) groups excluding carboxylic acids is 1. The summed E-state index contributed by atoms with van der Waals surface area (Å²) in [5.41, 5.74) is 6.43. The molecule has 4 nitrogen and oxygen atoms in total. The Balaban J connectivity index is 2.32. The number of piperazine rings is 1. The van der Waals surface area contributed by atoms with E-state index in [4.69, 9.17) is 28.9 Å². The Kier molecular flexibility index (Phi) is 4.94. The quantitative estimate of drug-likeness (QED) is 0.818. The zero-order valence-corrected chi connectivity index (χ0v) is 14.3. The average Bonchev–Trinajstić information content (AvgIpc) is 2.59. The summed E-state index contributed by atoms with van der Waals surface area (Å²) in [5.74, 6) is -1.66. The maximum absolute atomic E-state index is 15.2. The lowest BCUT2D eigenvalue weighted by atomic mass is 9.98. The van der Waals surface area contributed by atoms with E-state index in [1.54, 1.807) is 0 Å². The maximum Gasteiger partial charge on any atom is 0.253 e. The van der Waals surface area contributed by atoms with Gasteiger partial charge in [0.25, 0.3) is 5.91 Å². The van der Waals surface area contributed by atoms with Gasteiger partial charge in [0.15, 0.2) is 5.82 Å². The fourth-order valence-corrected chi connectivity index (χ4v) is 3.48. The van der Waals surface area contributed by atoms with Gasteiger partial charge in [-0.05, 0) is 5.56 Å². The molecular formula is C17H16Cl2FN3O. The summed E-state index contributed by atoms with van der Waals surface area (Å²) in [6, 6.07) is 9.18. The van der Waals surface area contributed by atoms with E-state index in [1.165, 1.54) is 0 Å². The Labute approximate surface area is 149 Å². The predicted molar refractivity (Wildman–Crippen MR) is 95.5 cm³/mol. The molecule has 1 heterocycles. The molecule has 24 heavy (non-hydrogen) atoms. The number of nitrogens with zero attached hydrogens (tertiary/aromatic N) is 1. The number of primary amides is 1. The topological polar surface area (TPSA) is 58.4 Å². The third-order valence-corrected chi connectivity index (χ3v) is 4.89. The fraction of sp³-hybridized carbons (Fsp3) is 0.235. The lowest BCUT2D eigenvalue weighted by Crippen LogP contribution is -2.44. The van der Waals surface area contributed by atoms with Crippen molar-refractivity contribution in [1.29, 1.82) is 0 Å². The van der Waals surface area contributed by atoms with Gasteiger partial charge in [-0.25, -0.2) is 4.39 Å². The minimum Gasteiger partial charge on any atom is -0.366 e. The number of hydrogen-bond acceptors (Lipinski definition) is 3. The van der Waals surface area contributed by atoms with Crippen LogP contribution in [0, 0.1) is 5.82 Å². The van der Waals surface area contributed by atoms with Gasteiger partial charge >= 0.3 is 0 Å². The predicted octanol–water partition coefficient (Wildman–Crippen LogP) is 3.31. The lowest BCUT2D eigenvalue weighted by molar-refractivity contribution is 0.0996. The van der Waals surface area contributed by atoms with Crippen molar-refractivity contribution in [3.63, 3.8) is 0 Å². The molecule has 3 rings (SSSR count). The van der Waals surface area contributed by atoms with Crippen LogP contribution in [-0.2, 0) is 0 Å². The number of rotatable bonds is 3. The molecule has 0 bridgehead atoms. The van der Waals surface area contributed by atoms with E-state index < -0.39 is 11.7 Å². The number of nitrogens with two attached hydrogens (primary N) is 1. The van der Waals surface area contributed by atoms with E-state index in [-0.39, 0.29) is 21.3 Å². The van der Waals surface area contributed by atoms with Crippen LogP contribution in [0.3, 0.4) is 0 Å². The standard InChI is InChI=1S/C17H16Cl2FN3O/c18-13-11(10-4-2-1-3-5-10)16(23-8-6-22-7-9-23)15(20)12(14(13)19)17(21)24/h1-5,22H,6-9H2,(H2,21,24). The van der Waals surface area contributed by atoms with Gasteiger partial charge in [-0.1, -0.05) is 53.5 Å². The summed E-state index contributed by atoms with van der Waals surface area (Å²) < 4.78 is 15.2. The fourth-order valence-electron chi connectivity index (χ4n) is 2.92. The Morgan fingerprint density at radius 2 is 1.75 bits per heavy atom. The van der Waals surface area contributed by atoms with Gasteiger partial charge in [0.2, 0.25) is 0 Å².